The van der Waals surface area contributed by atoms with Crippen molar-refractivity contribution in [1.82, 2.24) is 15.5 Å². The van der Waals surface area contributed by atoms with Crippen molar-refractivity contribution in [2.24, 2.45) is 5.41 Å². The minimum Gasteiger partial charge on any atom is -0.381 e. The van der Waals surface area contributed by atoms with Crippen LogP contribution in [0.2, 0.25) is 0 Å². The summed E-state index contributed by atoms with van der Waals surface area (Å²) >= 11 is 0. The molecule has 2 N–H and O–H groups in total. The Bertz CT molecular complexity index is 754. The highest BCUT2D eigenvalue weighted by Gasteiger charge is 2.42. The van der Waals surface area contributed by atoms with E-state index in [2.05, 4.69) is 51.2 Å². The Kier molecular flexibility index (Phi) is 5.34. The molecule has 142 valence electrons. The first-order valence-electron chi connectivity index (χ1n) is 9.73. The van der Waals surface area contributed by atoms with Crippen molar-refractivity contribution in [3.63, 3.8) is 0 Å². The summed E-state index contributed by atoms with van der Waals surface area (Å²) in [4.78, 5) is 12.3. The summed E-state index contributed by atoms with van der Waals surface area (Å²) < 4.78 is 5.31. The number of nitrogens with zero attached hydrogens (tertiary/aromatic N) is 2. The third kappa shape index (κ3) is 4.83. The van der Waals surface area contributed by atoms with Crippen LogP contribution >= 0.6 is 0 Å². The summed E-state index contributed by atoms with van der Waals surface area (Å²) in [5.74, 6) is 0.556. The Labute approximate surface area is 159 Å². The fourth-order valence-electron chi connectivity index (χ4n) is 3.55. The van der Waals surface area contributed by atoms with Gasteiger partial charge in [-0.3, -0.25) is 4.79 Å². The normalized spacial score (nSPS) is 18.7. The molecule has 1 saturated carbocycles. The highest BCUT2D eigenvalue weighted by atomic mass is 16.5. The molecule has 6 heteroatoms. The first-order valence-corrected chi connectivity index (χ1v) is 9.73. The van der Waals surface area contributed by atoms with Crippen LogP contribution < -0.4 is 10.6 Å². The van der Waals surface area contributed by atoms with Gasteiger partial charge in [0.1, 0.15) is 5.82 Å². The molecule has 0 spiro atoms. The predicted octanol–water partition coefficient (Wildman–Crippen LogP) is 2.82. The van der Waals surface area contributed by atoms with E-state index in [0.717, 1.165) is 31.6 Å². The number of carbonyl (C=O) groups excluding carboxylic acids is 1. The van der Waals surface area contributed by atoms with Gasteiger partial charge in [-0.2, -0.15) is 0 Å². The smallest absolute Gasteiger partial charge is 0.272 e. The molecule has 2 aromatic rings. The molecule has 1 saturated heterocycles. The van der Waals surface area contributed by atoms with Crippen LogP contribution in [0.25, 0.3) is 0 Å². The molecule has 6 nitrogen and oxygen atoms in total. The van der Waals surface area contributed by atoms with E-state index in [9.17, 15) is 4.79 Å². The zero-order valence-corrected chi connectivity index (χ0v) is 15.5. The van der Waals surface area contributed by atoms with Gasteiger partial charge in [-0.15, -0.1) is 10.2 Å². The number of ether oxygens (including phenoxy) is 1. The largest absolute Gasteiger partial charge is 0.381 e. The highest BCUT2D eigenvalue weighted by molar-refractivity contribution is 5.92. The molecule has 0 bridgehead atoms. The van der Waals surface area contributed by atoms with Gasteiger partial charge in [0.25, 0.3) is 5.91 Å². The molecule has 1 aromatic carbocycles. The zero-order valence-electron chi connectivity index (χ0n) is 15.5. The maximum atomic E-state index is 12.3. The van der Waals surface area contributed by atoms with Gasteiger partial charge >= 0.3 is 0 Å². The van der Waals surface area contributed by atoms with Crippen LogP contribution in [0.3, 0.4) is 0 Å². The van der Waals surface area contributed by atoms with E-state index in [0.29, 0.717) is 24.3 Å². The van der Waals surface area contributed by atoms with Crippen molar-refractivity contribution in [2.75, 3.05) is 25.1 Å². The Morgan fingerprint density at radius 1 is 1.07 bits per heavy atom. The van der Waals surface area contributed by atoms with Crippen molar-refractivity contribution in [1.29, 1.82) is 0 Å². The molecule has 4 rings (SSSR count). The van der Waals surface area contributed by atoms with Gasteiger partial charge in [-0.05, 0) is 55.2 Å². The molecular formula is C21H26N4O2. The first-order chi connectivity index (χ1) is 13.2. The predicted molar refractivity (Wildman–Crippen MR) is 104 cm³/mol. The topological polar surface area (TPSA) is 76.1 Å². The van der Waals surface area contributed by atoms with E-state index >= 15 is 0 Å². The fourth-order valence-corrected chi connectivity index (χ4v) is 3.55. The molecule has 27 heavy (non-hydrogen) atoms. The van der Waals surface area contributed by atoms with E-state index in [1.54, 1.807) is 6.07 Å². The van der Waals surface area contributed by atoms with E-state index in [1.165, 1.54) is 18.4 Å². The second-order valence-corrected chi connectivity index (χ2v) is 7.68. The second kappa shape index (κ2) is 8.05. The molecule has 1 amide bonds. The maximum absolute atomic E-state index is 12.3. The molecule has 0 atom stereocenters. The minimum absolute atomic E-state index is 0.163. The van der Waals surface area contributed by atoms with Crippen LogP contribution in [-0.2, 0) is 11.2 Å². The number of nitrogens with one attached hydrogen (secondary N) is 2. The standard InChI is InChI=1S/C21H26N4O2/c26-20(23-17-8-12-27-13-9-17)18-6-7-19(25-24-18)22-15-21(10-11-21)14-16-4-2-1-3-5-16/h1-7,17H,8-15H2,(H,22,25)(H,23,26). The zero-order chi connectivity index (χ0) is 18.5. The van der Waals surface area contributed by atoms with E-state index in [1.807, 2.05) is 6.07 Å². The Hall–Kier alpha value is -2.47. The maximum Gasteiger partial charge on any atom is 0.272 e. The number of rotatable bonds is 7. The molecule has 1 aliphatic carbocycles. The molecule has 1 aliphatic heterocycles. The van der Waals surface area contributed by atoms with Gasteiger partial charge in [-0.1, -0.05) is 30.3 Å². The third-order valence-corrected chi connectivity index (χ3v) is 5.48. The van der Waals surface area contributed by atoms with Gasteiger partial charge < -0.3 is 15.4 Å². The molecule has 2 fully saturated rings. The van der Waals surface area contributed by atoms with E-state index < -0.39 is 0 Å². The Morgan fingerprint density at radius 3 is 2.52 bits per heavy atom. The Balaban J connectivity index is 1.28. The van der Waals surface area contributed by atoms with Crippen LogP contribution in [-0.4, -0.2) is 41.9 Å². The third-order valence-electron chi connectivity index (χ3n) is 5.48. The van der Waals surface area contributed by atoms with Crippen LogP contribution in [0, 0.1) is 5.41 Å². The van der Waals surface area contributed by atoms with E-state index in [4.69, 9.17) is 4.74 Å². The average molecular weight is 366 g/mol. The van der Waals surface area contributed by atoms with Crippen LogP contribution in [0.1, 0.15) is 41.7 Å². The number of hydrogen-bond acceptors (Lipinski definition) is 5. The lowest BCUT2D eigenvalue weighted by atomic mass is 9.96. The summed E-state index contributed by atoms with van der Waals surface area (Å²) in [6.07, 6.45) is 5.24. The number of anilines is 1. The van der Waals surface area contributed by atoms with Gasteiger partial charge in [0.2, 0.25) is 0 Å². The molecule has 2 heterocycles. The SMILES string of the molecule is O=C(NC1CCOCC1)c1ccc(NCC2(Cc3ccccc3)CC2)nn1. The average Bonchev–Trinajstić information content (AvgIpc) is 3.48. The first kappa shape index (κ1) is 17.9. The van der Waals surface area contributed by atoms with Crippen molar-refractivity contribution >= 4 is 11.7 Å². The van der Waals surface area contributed by atoms with Crippen LogP contribution in [0.15, 0.2) is 42.5 Å². The number of aromatic nitrogens is 2. The molecular weight excluding hydrogens is 340 g/mol. The van der Waals surface area contributed by atoms with Crippen LogP contribution in [0.5, 0.6) is 0 Å². The lowest BCUT2D eigenvalue weighted by Crippen LogP contribution is -2.39. The van der Waals surface area contributed by atoms with Crippen molar-refractivity contribution in [2.45, 2.75) is 38.1 Å². The molecule has 2 aliphatic rings. The molecule has 1 aromatic heterocycles. The van der Waals surface area contributed by atoms with Crippen LogP contribution in [0.4, 0.5) is 5.82 Å². The summed E-state index contributed by atoms with van der Waals surface area (Å²) in [7, 11) is 0. The summed E-state index contributed by atoms with van der Waals surface area (Å²) in [5.41, 5.74) is 2.06. The summed E-state index contributed by atoms with van der Waals surface area (Å²) in [5, 5.41) is 14.7. The number of hydrogen-bond donors (Lipinski definition) is 2. The number of carbonyl (C=O) groups is 1. The Morgan fingerprint density at radius 2 is 1.85 bits per heavy atom. The fraction of sp³-hybridized carbons (Fsp3) is 0.476. The number of benzene rings is 1. The lowest BCUT2D eigenvalue weighted by Gasteiger charge is -2.22. The van der Waals surface area contributed by atoms with E-state index in [-0.39, 0.29) is 11.9 Å². The highest BCUT2D eigenvalue weighted by Crippen LogP contribution is 2.48. The number of amides is 1. The van der Waals surface area contributed by atoms with Gasteiger partial charge in [0.05, 0.1) is 0 Å². The summed E-state index contributed by atoms with van der Waals surface area (Å²) in [6.45, 7) is 2.28. The monoisotopic (exact) mass is 366 g/mol. The summed E-state index contributed by atoms with van der Waals surface area (Å²) in [6, 6.07) is 14.3. The van der Waals surface area contributed by atoms with Gasteiger partial charge in [0.15, 0.2) is 5.69 Å². The van der Waals surface area contributed by atoms with Crippen molar-refractivity contribution in [3.8, 4) is 0 Å². The lowest BCUT2D eigenvalue weighted by molar-refractivity contribution is 0.0693. The molecule has 0 unspecified atom stereocenters. The minimum atomic E-state index is -0.163. The molecule has 0 radical (unpaired) electrons. The van der Waals surface area contributed by atoms with Gasteiger partial charge in [0, 0.05) is 25.8 Å². The van der Waals surface area contributed by atoms with Crippen molar-refractivity contribution in [3.05, 3.63) is 53.7 Å². The quantitative estimate of drug-likeness (QED) is 0.788. The van der Waals surface area contributed by atoms with Gasteiger partial charge in [-0.25, -0.2) is 0 Å². The van der Waals surface area contributed by atoms with Crippen molar-refractivity contribution < 1.29 is 9.53 Å². The second-order valence-electron chi connectivity index (χ2n) is 7.68.